The predicted molar refractivity (Wildman–Crippen MR) is 74.9 cm³/mol. The largest absolute Gasteiger partial charge is 0.397 e. The van der Waals surface area contributed by atoms with Crippen molar-refractivity contribution >= 4 is 28.9 Å². The summed E-state index contributed by atoms with van der Waals surface area (Å²) in [6.45, 7) is 1.82. The molecule has 0 aliphatic heterocycles. The Morgan fingerprint density at radius 3 is 2.60 bits per heavy atom. The van der Waals surface area contributed by atoms with Crippen LogP contribution >= 0.6 is 11.6 Å². The summed E-state index contributed by atoms with van der Waals surface area (Å²) in [6, 6.07) is 6.53. The van der Waals surface area contributed by atoms with Crippen LogP contribution in [0.3, 0.4) is 0 Å². The third kappa shape index (κ3) is 2.88. The normalized spacial score (nSPS) is 10.4. The minimum Gasteiger partial charge on any atom is -0.397 e. The molecular formula is C14H11ClF2N2O. The minimum atomic E-state index is -0.903. The number of rotatable bonds is 2. The summed E-state index contributed by atoms with van der Waals surface area (Å²) in [5, 5.41) is 2.06. The van der Waals surface area contributed by atoms with Gasteiger partial charge in [-0.15, -0.1) is 0 Å². The molecule has 20 heavy (non-hydrogen) atoms. The lowest BCUT2D eigenvalue weighted by atomic mass is 10.1. The second kappa shape index (κ2) is 5.46. The second-order valence-corrected chi connectivity index (χ2v) is 4.70. The van der Waals surface area contributed by atoms with Crippen LogP contribution in [0.2, 0.25) is 5.02 Å². The molecule has 0 unspecified atom stereocenters. The van der Waals surface area contributed by atoms with Crippen LogP contribution in [0.4, 0.5) is 20.2 Å². The number of carbonyl (C=O) groups excluding carboxylic acids is 1. The number of amides is 1. The van der Waals surface area contributed by atoms with Crippen LogP contribution in [0.15, 0.2) is 30.3 Å². The molecule has 0 aliphatic carbocycles. The van der Waals surface area contributed by atoms with E-state index in [0.29, 0.717) is 11.4 Å². The molecule has 2 aromatic rings. The van der Waals surface area contributed by atoms with Gasteiger partial charge in [-0.1, -0.05) is 17.7 Å². The fraction of sp³-hybridized carbons (Fsp3) is 0.0714. The molecule has 0 fully saturated rings. The van der Waals surface area contributed by atoms with Gasteiger partial charge in [0.05, 0.1) is 22.0 Å². The van der Waals surface area contributed by atoms with Gasteiger partial charge in [0.25, 0.3) is 5.91 Å². The number of nitrogens with one attached hydrogen (secondary N) is 1. The molecular weight excluding hydrogens is 286 g/mol. The van der Waals surface area contributed by atoms with E-state index in [1.807, 2.05) is 6.92 Å². The maximum Gasteiger partial charge on any atom is 0.258 e. The fourth-order valence-electron chi connectivity index (χ4n) is 1.66. The topological polar surface area (TPSA) is 55.1 Å². The summed E-state index contributed by atoms with van der Waals surface area (Å²) < 4.78 is 26.9. The number of nitrogens with two attached hydrogens (primary N) is 1. The van der Waals surface area contributed by atoms with Gasteiger partial charge < -0.3 is 11.1 Å². The van der Waals surface area contributed by atoms with Crippen LogP contribution in [0.1, 0.15) is 15.9 Å². The van der Waals surface area contributed by atoms with Crippen molar-refractivity contribution in [1.82, 2.24) is 0 Å². The maximum atomic E-state index is 13.6. The van der Waals surface area contributed by atoms with Crippen LogP contribution in [0.5, 0.6) is 0 Å². The molecule has 0 aromatic heterocycles. The van der Waals surface area contributed by atoms with E-state index in [0.717, 1.165) is 17.7 Å². The molecule has 1 amide bonds. The number of hydrogen-bond donors (Lipinski definition) is 2. The molecule has 3 nitrogen and oxygen atoms in total. The molecule has 0 atom stereocenters. The Labute approximate surface area is 119 Å². The second-order valence-electron chi connectivity index (χ2n) is 4.29. The lowest BCUT2D eigenvalue weighted by Gasteiger charge is -2.10. The first-order valence-electron chi connectivity index (χ1n) is 5.70. The molecule has 6 heteroatoms. The number of carbonyl (C=O) groups is 1. The highest BCUT2D eigenvalue weighted by atomic mass is 35.5. The Balaban J connectivity index is 2.33. The zero-order valence-corrected chi connectivity index (χ0v) is 11.3. The average Bonchev–Trinajstić information content (AvgIpc) is 2.38. The average molecular weight is 297 g/mol. The van der Waals surface area contributed by atoms with Crippen LogP contribution in [0.25, 0.3) is 0 Å². The Kier molecular flexibility index (Phi) is 3.90. The molecule has 104 valence electrons. The van der Waals surface area contributed by atoms with Crippen molar-refractivity contribution < 1.29 is 13.6 Å². The van der Waals surface area contributed by atoms with Gasteiger partial charge in [-0.2, -0.15) is 0 Å². The molecule has 3 N–H and O–H groups in total. The van der Waals surface area contributed by atoms with Gasteiger partial charge in [0.1, 0.15) is 11.6 Å². The number of hydrogen-bond acceptors (Lipinski definition) is 2. The molecule has 2 rings (SSSR count). The number of nitrogen functional groups attached to an aromatic ring is 1. The first-order chi connectivity index (χ1) is 9.38. The van der Waals surface area contributed by atoms with Crippen molar-refractivity contribution in [3.63, 3.8) is 0 Å². The van der Waals surface area contributed by atoms with Gasteiger partial charge in [-0.3, -0.25) is 4.79 Å². The van der Waals surface area contributed by atoms with Crippen molar-refractivity contribution in [3.05, 3.63) is 58.1 Å². The van der Waals surface area contributed by atoms with Crippen molar-refractivity contribution in [3.8, 4) is 0 Å². The van der Waals surface area contributed by atoms with Crippen molar-refractivity contribution in [2.75, 3.05) is 11.1 Å². The molecule has 0 aliphatic rings. The molecule has 0 spiro atoms. The van der Waals surface area contributed by atoms with Crippen molar-refractivity contribution in [2.24, 2.45) is 0 Å². The highest BCUT2D eigenvalue weighted by Crippen LogP contribution is 2.23. The van der Waals surface area contributed by atoms with Crippen LogP contribution < -0.4 is 11.1 Å². The first kappa shape index (κ1) is 14.3. The lowest BCUT2D eigenvalue weighted by Crippen LogP contribution is -2.15. The smallest absolute Gasteiger partial charge is 0.258 e. The van der Waals surface area contributed by atoms with Gasteiger partial charge in [-0.05, 0) is 36.8 Å². The zero-order chi connectivity index (χ0) is 14.9. The summed E-state index contributed by atoms with van der Waals surface area (Å²) >= 11 is 5.43. The molecule has 0 saturated carbocycles. The predicted octanol–water partition coefficient (Wildman–Crippen LogP) is 3.76. The quantitative estimate of drug-likeness (QED) is 0.655. The first-order valence-corrected chi connectivity index (χ1v) is 6.08. The van der Waals surface area contributed by atoms with E-state index in [1.54, 1.807) is 18.2 Å². The molecule has 0 saturated heterocycles. The van der Waals surface area contributed by atoms with E-state index in [4.69, 9.17) is 17.3 Å². The zero-order valence-electron chi connectivity index (χ0n) is 10.5. The number of anilines is 2. The third-order valence-electron chi connectivity index (χ3n) is 2.71. The summed E-state index contributed by atoms with van der Waals surface area (Å²) in [5.41, 5.74) is 6.81. The standard InChI is InChI=1S/C14H11ClF2N2O/c1-7-2-3-12(18)13(4-7)19-14(20)8-5-11(17)9(15)6-10(8)16/h2-6H,18H2,1H3,(H,19,20). The Bertz CT molecular complexity index is 689. The Morgan fingerprint density at radius 1 is 1.20 bits per heavy atom. The van der Waals surface area contributed by atoms with E-state index >= 15 is 0 Å². The van der Waals surface area contributed by atoms with E-state index < -0.39 is 23.1 Å². The van der Waals surface area contributed by atoms with Gasteiger partial charge in [-0.25, -0.2) is 8.78 Å². The van der Waals surface area contributed by atoms with E-state index in [-0.39, 0.29) is 5.02 Å². The highest BCUT2D eigenvalue weighted by Gasteiger charge is 2.16. The van der Waals surface area contributed by atoms with Crippen LogP contribution in [-0.4, -0.2) is 5.91 Å². The highest BCUT2D eigenvalue weighted by molar-refractivity contribution is 6.30. The molecule has 0 radical (unpaired) electrons. The molecule has 0 heterocycles. The van der Waals surface area contributed by atoms with E-state index in [9.17, 15) is 13.6 Å². The van der Waals surface area contributed by atoms with Gasteiger partial charge in [0.2, 0.25) is 0 Å². The maximum absolute atomic E-state index is 13.6. The van der Waals surface area contributed by atoms with E-state index in [1.165, 1.54) is 0 Å². The summed E-state index contributed by atoms with van der Waals surface area (Å²) in [7, 11) is 0. The van der Waals surface area contributed by atoms with Crippen molar-refractivity contribution in [1.29, 1.82) is 0 Å². The number of benzene rings is 2. The monoisotopic (exact) mass is 296 g/mol. The summed E-state index contributed by atoms with van der Waals surface area (Å²) in [5.74, 6) is -2.56. The summed E-state index contributed by atoms with van der Waals surface area (Å²) in [6.07, 6.45) is 0. The third-order valence-corrected chi connectivity index (χ3v) is 3.00. The van der Waals surface area contributed by atoms with Gasteiger partial charge >= 0.3 is 0 Å². The SMILES string of the molecule is Cc1ccc(N)c(NC(=O)c2cc(F)c(Cl)cc2F)c1. The summed E-state index contributed by atoms with van der Waals surface area (Å²) in [4.78, 5) is 11.9. The van der Waals surface area contributed by atoms with Crippen LogP contribution in [-0.2, 0) is 0 Å². The van der Waals surface area contributed by atoms with E-state index in [2.05, 4.69) is 5.32 Å². The lowest BCUT2D eigenvalue weighted by molar-refractivity contribution is 0.102. The minimum absolute atomic E-state index is 0.332. The van der Waals surface area contributed by atoms with Crippen LogP contribution in [0, 0.1) is 18.6 Å². The Morgan fingerprint density at radius 2 is 1.90 bits per heavy atom. The molecule has 2 aromatic carbocycles. The van der Waals surface area contributed by atoms with Gasteiger partial charge in [0.15, 0.2) is 0 Å². The van der Waals surface area contributed by atoms with Crippen molar-refractivity contribution in [2.45, 2.75) is 6.92 Å². The number of aryl methyl sites for hydroxylation is 1. The molecule has 0 bridgehead atoms. The number of halogens is 3. The fourth-order valence-corrected chi connectivity index (χ4v) is 1.81. The van der Waals surface area contributed by atoms with Gasteiger partial charge in [0, 0.05) is 0 Å². The Hall–Kier alpha value is -2.14.